The topological polar surface area (TPSA) is 106 Å². The maximum atomic E-state index is 9.79. The maximum absolute atomic E-state index is 9.79. The highest BCUT2D eigenvalue weighted by atomic mass is 35.5. The van der Waals surface area contributed by atoms with Crippen molar-refractivity contribution in [2.45, 2.75) is 5.92 Å². The minimum Gasteiger partial charge on any atom is -0.454 e. The average Bonchev–Trinajstić information content (AvgIpc) is 3.33. The first-order valence-corrected chi connectivity index (χ1v) is 8.85. The normalized spacial score (nSPS) is 17.1. The summed E-state index contributed by atoms with van der Waals surface area (Å²) < 4.78 is 16.5. The quantitative estimate of drug-likeness (QED) is 0.689. The summed E-state index contributed by atoms with van der Waals surface area (Å²) in [5.41, 5.74) is 9.24. The predicted octanol–water partition coefficient (Wildman–Crippen LogP) is 3.68. The zero-order chi connectivity index (χ0) is 19.3. The van der Waals surface area contributed by atoms with Crippen LogP contribution in [0.3, 0.4) is 0 Å². The Bertz CT molecular complexity index is 1180. The number of nitrogens with zero attached hydrogens (tertiary/aromatic N) is 2. The summed E-state index contributed by atoms with van der Waals surface area (Å²) in [6, 6.07) is 15.1. The molecule has 0 spiro atoms. The molecule has 3 N–H and O–H groups in total. The van der Waals surface area contributed by atoms with Gasteiger partial charge in [0.05, 0.1) is 17.2 Å². The van der Waals surface area contributed by atoms with Crippen molar-refractivity contribution in [2.75, 3.05) is 6.79 Å². The minimum atomic E-state index is -0.492. The van der Waals surface area contributed by atoms with Crippen LogP contribution >= 0.6 is 11.6 Å². The van der Waals surface area contributed by atoms with Crippen LogP contribution in [0.2, 0.25) is 5.02 Å². The number of nitriles is 1. The zero-order valence-corrected chi connectivity index (χ0v) is 15.2. The Kier molecular flexibility index (Phi) is 3.67. The van der Waals surface area contributed by atoms with Crippen molar-refractivity contribution in [1.82, 2.24) is 10.2 Å². The van der Waals surface area contributed by atoms with Crippen LogP contribution in [0.4, 0.5) is 0 Å². The Morgan fingerprint density at radius 2 is 2.00 bits per heavy atom. The number of hydrogen-bond acceptors (Lipinski definition) is 6. The van der Waals surface area contributed by atoms with Gasteiger partial charge in [-0.2, -0.15) is 5.26 Å². The Morgan fingerprint density at radius 3 is 2.82 bits per heavy atom. The third-order valence-corrected chi connectivity index (χ3v) is 5.14. The van der Waals surface area contributed by atoms with Crippen LogP contribution < -0.4 is 19.9 Å². The number of hydrogen-bond donors (Lipinski definition) is 2. The van der Waals surface area contributed by atoms with E-state index in [2.05, 4.69) is 16.3 Å². The van der Waals surface area contributed by atoms with Gasteiger partial charge < -0.3 is 19.9 Å². The van der Waals surface area contributed by atoms with Gasteiger partial charge in [-0.3, -0.25) is 5.10 Å². The molecule has 2 aliphatic rings. The summed E-state index contributed by atoms with van der Waals surface area (Å²) in [6.07, 6.45) is 0. The van der Waals surface area contributed by atoms with Crippen molar-refractivity contribution in [3.8, 4) is 34.7 Å². The first kappa shape index (κ1) is 16.5. The van der Waals surface area contributed by atoms with Crippen molar-refractivity contribution >= 4 is 11.6 Å². The molecule has 3 aromatic rings. The number of ether oxygens (including phenoxy) is 3. The summed E-state index contributed by atoms with van der Waals surface area (Å²) in [4.78, 5) is 0. The van der Waals surface area contributed by atoms with Crippen LogP contribution in [0.25, 0.3) is 11.3 Å². The van der Waals surface area contributed by atoms with E-state index in [0.29, 0.717) is 39.2 Å². The third kappa shape index (κ3) is 2.39. The monoisotopic (exact) mass is 392 g/mol. The van der Waals surface area contributed by atoms with Gasteiger partial charge in [-0.25, -0.2) is 0 Å². The number of aromatic nitrogens is 2. The highest BCUT2D eigenvalue weighted by molar-refractivity contribution is 6.33. The van der Waals surface area contributed by atoms with E-state index in [1.165, 1.54) is 0 Å². The number of rotatable bonds is 2. The van der Waals surface area contributed by atoms with Crippen molar-refractivity contribution in [2.24, 2.45) is 5.73 Å². The summed E-state index contributed by atoms with van der Waals surface area (Å²) >= 11 is 6.40. The molecule has 2 aromatic carbocycles. The van der Waals surface area contributed by atoms with Crippen molar-refractivity contribution in [1.29, 1.82) is 5.26 Å². The van der Waals surface area contributed by atoms with E-state index in [4.69, 9.17) is 31.5 Å². The van der Waals surface area contributed by atoms with Gasteiger partial charge in [0.1, 0.15) is 11.6 Å². The molecule has 0 unspecified atom stereocenters. The van der Waals surface area contributed by atoms with E-state index >= 15 is 0 Å². The van der Waals surface area contributed by atoms with E-state index < -0.39 is 5.92 Å². The highest BCUT2D eigenvalue weighted by Gasteiger charge is 2.36. The lowest BCUT2D eigenvalue weighted by Crippen LogP contribution is -2.21. The third-order valence-electron chi connectivity index (χ3n) is 4.81. The van der Waals surface area contributed by atoms with Crippen molar-refractivity contribution in [3.63, 3.8) is 0 Å². The largest absolute Gasteiger partial charge is 0.454 e. The Labute approximate surface area is 164 Å². The smallest absolute Gasteiger partial charge is 0.244 e. The van der Waals surface area contributed by atoms with E-state index in [1.54, 1.807) is 6.07 Å². The van der Waals surface area contributed by atoms with Gasteiger partial charge in [-0.15, -0.1) is 5.10 Å². The molecule has 138 valence electrons. The molecule has 0 saturated carbocycles. The van der Waals surface area contributed by atoms with E-state index in [1.807, 2.05) is 36.4 Å². The van der Waals surface area contributed by atoms with Gasteiger partial charge in [0.2, 0.25) is 18.6 Å². The number of aromatic amines is 1. The Hall–Kier alpha value is -3.63. The van der Waals surface area contributed by atoms with Crippen molar-refractivity contribution < 1.29 is 14.2 Å². The lowest BCUT2D eigenvalue weighted by Gasteiger charge is -2.24. The fourth-order valence-corrected chi connectivity index (χ4v) is 3.77. The molecular weight excluding hydrogens is 380 g/mol. The molecule has 7 nitrogen and oxygen atoms in total. The maximum Gasteiger partial charge on any atom is 0.244 e. The number of nitrogens with two attached hydrogens (primary N) is 1. The van der Waals surface area contributed by atoms with Crippen molar-refractivity contribution in [3.05, 3.63) is 70.1 Å². The molecule has 1 aromatic heterocycles. The molecule has 1 atom stereocenters. The molecule has 2 aliphatic heterocycles. The molecule has 3 heterocycles. The molecule has 0 bridgehead atoms. The number of allylic oxidation sites excluding steroid dienone is 1. The second-order valence-electron chi connectivity index (χ2n) is 6.33. The summed E-state index contributed by atoms with van der Waals surface area (Å²) in [5.74, 6) is 1.12. The van der Waals surface area contributed by atoms with Crippen LogP contribution in [-0.4, -0.2) is 17.0 Å². The lowest BCUT2D eigenvalue weighted by atomic mass is 9.83. The molecule has 8 heteroatoms. The molecule has 0 aliphatic carbocycles. The summed E-state index contributed by atoms with van der Waals surface area (Å²) in [6.45, 7) is 0.164. The standard InChI is InChI=1S/C20H13ClN4O3/c21-13-4-2-1-3-11(13)18-17-16(10-5-6-14-15(7-10)27-9-26-14)12(8-22)19(23)28-20(17)25-24-18/h1-7,16H,9,23H2,(H,24,25)/t16-/m1/s1. The molecular formula is C20H13ClN4O3. The van der Waals surface area contributed by atoms with Crippen LogP contribution in [0.5, 0.6) is 17.4 Å². The molecule has 28 heavy (non-hydrogen) atoms. The average molecular weight is 393 g/mol. The predicted molar refractivity (Wildman–Crippen MR) is 101 cm³/mol. The number of fused-ring (bicyclic) bond motifs is 2. The molecule has 0 saturated heterocycles. The van der Waals surface area contributed by atoms with Crippen LogP contribution in [0.1, 0.15) is 17.0 Å². The number of halogens is 1. The van der Waals surface area contributed by atoms with E-state index in [-0.39, 0.29) is 12.7 Å². The van der Waals surface area contributed by atoms with E-state index in [0.717, 1.165) is 11.1 Å². The molecule has 5 rings (SSSR count). The summed E-state index contributed by atoms with van der Waals surface area (Å²) in [7, 11) is 0. The van der Waals surface area contributed by atoms with Gasteiger partial charge in [-0.05, 0) is 23.8 Å². The Morgan fingerprint density at radius 1 is 1.18 bits per heavy atom. The molecule has 0 amide bonds. The first-order chi connectivity index (χ1) is 13.7. The number of H-pyrrole nitrogens is 1. The van der Waals surface area contributed by atoms with Crippen LogP contribution in [0.15, 0.2) is 53.9 Å². The SMILES string of the molecule is N#CC1=C(N)Oc2n[nH]c(-c3ccccc3Cl)c2[C@@H]1c1ccc2c(c1)OCO2. The summed E-state index contributed by atoms with van der Waals surface area (Å²) in [5, 5.41) is 17.6. The second kappa shape index (κ2) is 6.22. The van der Waals surface area contributed by atoms with Gasteiger partial charge in [0, 0.05) is 10.6 Å². The fraction of sp³-hybridized carbons (Fsp3) is 0.100. The number of nitrogens with one attached hydrogen (secondary N) is 1. The van der Waals surface area contributed by atoms with Crippen LogP contribution in [0, 0.1) is 11.3 Å². The Balaban J connectivity index is 1.74. The first-order valence-electron chi connectivity index (χ1n) is 8.47. The van der Waals surface area contributed by atoms with Gasteiger partial charge in [0.15, 0.2) is 11.5 Å². The molecule has 0 fully saturated rings. The zero-order valence-electron chi connectivity index (χ0n) is 14.4. The van der Waals surface area contributed by atoms with E-state index in [9.17, 15) is 5.26 Å². The van der Waals surface area contributed by atoms with Gasteiger partial charge in [-0.1, -0.05) is 35.9 Å². The van der Waals surface area contributed by atoms with Gasteiger partial charge in [0.25, 0.3) is 0 Å². The number of benzene rings is 2. The fourth-order valence-electron chi connectivity index (χ4n) is 3.54. The second-order valence-corrected chi connectivity index (χ2v) is 6.74. The minimum absolute atomic E-state index is 0.0230. The van der Waals surface area contributed by atoms with Gasteiger partial charge >= 0.3 is 0 Å². The lowest BCUT2D eigenvalue weighted by molar-refractivity contribution is 0.174. The highest BCUT2D eigenvalue weighted by Crippen LogP contribution is 2.48. The van der Waals surface area contributed by atoms with Crippen LogP contribution in [-0.2, 0) is 0 Å². The molecule has 0 radical (unpaired) electrons.